The molecule has 4 rings (SSSR count). The number of rotatable bonds is 1. The van der Waals surface area contributed by atoms with E-state index in [-0.39, 0.29) is 0 Å². The van der Waals surface area contributed by atoms with E-state index in [1.807, 2.05) is 0 Å². The predicted molar refractivity (Wildman–Crippen MR) is 76.7 cm³/mol. The minimum atomic E-state index is 0.347. The Hall–Kier alpha value is -1.56. The second kappa shape index (κ2) is 3.47. The van der Waals surface area contributed by atoms with Gasteiger partial charge >= 0.3 is 0 Å². The third-order valence-electron chi connectivity index (χ3n) is 5.08. The second-order valence-electron chi connectivity index (χ2n) is 6.14. The van der Waals surface area contributed by atoms with E-state index >= 15 is 0 Å². The summed E-state index contributed by atoms with van der Waals surface area (Å²) >= 11 is 0. The molecule has 0 aromatic heterocycles. The molecule has 2 aromatic rings. The van der Waals surface area contributed by atoms with Crippen molar-refractivity contribution in [3.63, 3.8) is 0 Å². The van der Waals surface area contributed by atoms with Gasteiger partial charge < -0.3 is 0 Å². The van der Waals surface area contributed by atoms with Crippen LogP contribution in [0.4, 0.5) is 0 Å². The highest BCUT2D eigenvalue weighted by atomic mass is 14.5. The summed E-state index contributed by atoms with van der Waals surface area (Å²) in [6.07, 6.45) is 7.56. The van der Waals surface area contributed by atoms with Gasteiger partial charge in [0, 0.05) is 0 Å². The highest BCUT2D eigenvalue weighted by Crippen LogP contribution is 2.54. The molecule has 2 aliphatic rings. The van der Waals surface area contributed by atoms with Crippen molar-refractivity contribution in [2.45, 2.75) is 25.2 Å². The summed E-state index contributed by atoms with van der Waals surface area (Å²) in [5.74, 6) is 1.56. The Morgan fingerprint density at radius 2 is 1.83 bits per heavy atom. The van der Waals surface area contributed by atoms with Crippen LogP contribution >= 0.6 is 0 Å². The quantitative estimate of drug-likeness (QED) is 0.628. The molecule has 18 heavy (non-hydrogen) atoms. The zero-order chi connectivity index (χ0) is 12.2. The van der Waals surface area contributed by atoms with E-state index in [4.69, 9.17) is 0 Å². The molecule has 2 aromatic carbocycles. The molecular formula is C18H18. The number of benzene rings is 2. The topological polar surface area (TPSA) is 0 Å². The Morgan fingerprint density at radius 3 is 2.61 bits per heavy atom. The summed E-state index contributed by atoms with van der Waals surface area (Å²) in [5, 5.41) is 2.83. The van der Waals surface area contributed by atoms with Gasteiger partial charge in [-0.25, -0.2) is 0 Å². The zero-order valence-corrected chi connectivity index (χ0v) is 10.8. The molecule has 1 saturated carbocycles. The average Bonchev–Trinajstić information content (AvgIpc) is 2.98. The van der Waals surface area contributed by atoms with Crippen LogP contribution in [0.5, 0.6) is 0 Å². The highest BCUT2D eigenvalue weighted by Gasteiger charge is 2.46. The average molecular weight is 234 g/mol. The van der Waals surface area contributed by atoms with Gasteiger partial charge in [-0.3, -0.25) is 0 Å². The van der Waals surface area contributed by atoms with Gasteiger partial charge in [-0.1, -0.05) is 61.5 Å². The van der Waals surface area contributed by atoms with Gasteiger partial charge in [0.15, 0.2) is 0 Å². The van der Waals surface area contributed by atoms with E-state index in [1.165, 1.54) is 23.6 Å². The molecule has 0 spiro atoms. The SMILES string of the molecule is CC1(c2cccc3ccccc23)CC2C=CC1C2. The molecule has 3 atom stereocenters. The largest absolute Gasteiger partial charge is 0.0851 e. The number of fused-ring (bicyclic) bond motifs is 3. The first kappa shape index (κ1) is 10.4. The Morgan fingerprint density at radius 1 is 1.00 bits per heavy atom. The first-order valence-electron chi connectivity index (χ1n) is 6.94. The fourth-order valence-corrected chi connectivity index (χ4v) is 4.13. The summed E-state index contributed by atoms with van der Waals surface area (Å²) in [5.41, 5.74) is 1.90. The van der Waals surface area contributed by atoms with E-state index in [2.05, 4.69) is 61.5 Å². The molecule has 0 nitrogen and oxygen atoms in total. The fourth-order valence-electron chi connectivity index (χ4n) is 4.13. The Balaban J connectivity index is 1.95. The monoisotopic (exact) mass is 234 g/mol. The Bertz CT molecular complexity index is 632. The molecule has 90 valence electrons. The molecule has 0 N–H and O–H groups in total. The maximum Gasteiger partial charge on any atom is -0.0000622 e. The van der Waals surface area contributed by atoms with Crippen LogP contribution in [0.15, 0.2) is 54.6 Å². The van der Waals surface area contributed by atoms with Crippen LogP contribution in [-0.4, -0.2) is 0 Å². The summed E-state index contributed by atoms with van der Waals surface area (Å²) in [4.78, 5) is 0. The van der Waals surface area contributed by atoms with Gasteiger partial charge in [-0.05, 0) is 46.4 Å². The van der Waals surface area contributed by atoms with Crippen LogP contribution in [0.3, 0.4) is 0 Å². The van der Waals surface area contributed by atoms with Gasteiger partial charge in [0.05, 0.1) is 0 Å². The lowest BCUT2D eigenvalue weighted by molar-refractivity contribution is 0.399. The molecule has 0 heteroatoms. The molecule has 0 heterocycles. The molecule has 0 aliphatic heterocycles. The van der Waals surface area contributed by atoms with Crippen molar-refractivity contribution in [3.8, 4) is 0 Å². The molecule has 0 amide bonds. The maximum atomic E-state index is 2.46. The Labute approximate surface area is 108 Å². The highest BCUT2D eigenvalue weighted by molar-refractivity contribution is 5.86. The minimum Gasteiger partial charge on any atom is -0.0851 e. The number of hydrogen-bond donors (Lipinski definition) is 0. The number of allylic oxidation sites excluding steroid dienone is 2. The van der Waals surface area contributed by atoms with Gasteiger partial charge in [-0.2, -0.15) is 0 Å². The van der Waals surface area contributed by atoms with Crippen molar-refractivity contribution >= 4 is 10.8 Å². The molecular weight excluding hydrogens is 216 g/mol. The van der Waals surface area contributed by atoms with Crippen LogP contribution in [0, 0.1) is 11.8 Å². The normalized spacial score (nSPS) is 33.4. The summed E-state index contributed by atoms with van der Waals surface area (Å²) in [6.45, 7) is 2.46. The van der Waals surface area contributed by atoms with Gasteiger partial charge in [0.2, 0.25) is 0 Å². The van der Waals surface area contributed by atoms with Crippen molar-refractivity contribution in [2.24, 2.45) is 11.8 Å². The van der Waals surface area contributed by atoms with Gasteiger partial charge in [-0.15, -0.1) is 0 Å². The lowest BCUT2D eigenvalue weighted by atomic mass is 9.71. The first-order chi connectivity index (χ1) is 8.77. The summed E-state index contributed by atoms with van der Waals surface area (Å²) in [6, 6.07) is 15.6. The van der Waals surface area contributed by atoms with E-state index in [9.17, 15) is 0 Å². The maximum absolute atomic E-state index is 2.46. The van der Waals surface area contributed by atoms with Crippen molar-refractivity contribution in [3.05, 3.63) is 60.2 Å². The second-order valence-corrected chi connectivity index (χ2v) is 6.14. The molecule has 3 unspecified atom stereocenters. The van der Waals surface area contributed by atoms with E-state index < -0.39 is 0 Å². The lowest BCUT2D eigenvalue weighted by Crippen LogP contribution is -2.27. The van der Waals surface area contributed by atoms with E-state index in [0.717, 1.165) is 11.8 Å². The molecule has 1 fully saturated rings. The lowest BCUT2D eigenvalue weighted by Gasteiger charge is -2.33. The molecule has 2 aliphatic carbocycles. The van der Waals surface area contributed by atoms with E-state index in [1.54, 1.807) is 5.56 Å². The van der Waals surface area contributed by atoms with Crippen molar-refractivity contribution in [1.29, 1.82) is 0 Å². The third kappa shape index (κ3) is 1.26. The first-order valence-corrected chi connectivity index (χ1v) is 6.94. The summed E-state index contributed by atoms with van der Waals surface area (Å²) in [7, 11) is 0. The van der Waals surface area contributed by atoms with Crippen LogP contribution in [-0.2, 0) is 5.41 Å². The number of hydrogen-bond acceptors (Lipinski definition) is 0. The van der Waals surface area contributed by atoms with Crippen molar-refractivity contribution in [2.75, 3.05) is 0 Å². The van der Waals surface area contributed by atoms with Crippen molar-refractivity contribution < 1.29 is 0 Å². The van der Waals surface area contributed by atoms with Crippen LogP contribution in [0.1, 0.15) is 25.3 Å². The van der Waals surface area contributed by atoms with Crippen LogP contribution in [0.2, 0.25) is 0 Å². The molecule has 0 radical (unpaired) electrons. The van der Waals surface area contributed by atoms with Gasteiger partial charge in [0.25, 0.3) is 0 Å². The Kier molecular flexibility index (Phi) is 2.00. The summed E-state index contributed by atoms with van der Waals surface area (Å²) < 4.78 is 0. The smallest absolute Gasteiger partial charge is 0.0000622 e. The predicted octanol–water partition coefficient (Wildman–Crippen LogP) is 4.69. The standard InChI is InChI=1S/C18H18/c1-18(12-13-9-10-15(18)11-13)17-8-4-6-14-5-2-3-7-16(14)17/h2-10,13,15H,11-12H2,1H3. The van der Waals surface area contributed by atoms with Gasteiger partial charge in [0.1, 0.15) is 0 Å². The van der Waals surface area contributed by atoms with Crippen LogP contribution in [0.25, 0.3) is 10.8 Å². The van der Waals surface area contributed by atoms with Crippen LogP contribution < -0.4 is 0 Å². The van der Waals surface area contributed by atoms with E-state index in [0.29, 0.717) is 5.41 Å². The van der Waals surface area contributed by atoms with Crippen molar-refractivity contribution in [1.82, 2.24) is 0 Å². The minimum absolute atomic E-state index is 0.347. The molecule has 2 bridgehead atoms. The third-order valence-corrected chi connectivity index (χ3v) is 5.08. The fraction of sp³-hybridized carbons (Fsp3) is 0.333. The zero-order valence-electron chi connectivity index (χ0n) is 10.8. The molecule has 0 saturated heterocycles.